The van der Waals surface area contributed by atoms with Gasteiger partial charge in [0.1, 0.15) is 24.0 Å². The van der Waals surface area contributed by atoms with Crippen molar-refractivity contribution in [1.29, 1.82) is 0 Å². The van der Waals surface area contributed by atoms with Crippen LogP contribution in [0, 0.1) is 0 Å². The minimum absolute atomic E-state index is 0.0561. The summed E-state index contributed by atoms with van der Waals surface area (Å²) >= 11 is 0. The van der Waals surface area contributed by atoms with Gasteiger partial charge in [-0.2, -0.15) is 0 Å². The van der Waals surface area contributed by atoms with Crippen molar-refractivity contribution < 1.29 is 11.6 Å². The first kappa shape index (κ1) is 42.5. The van der Waals surface area contributed by atoms with Gasteiger partial charge in [-0.25, -0.2) is 4.98 Å². The number of nitrogens with zero attached hydrogens (tertiary/aromatic N) is 4. The van der Waals surface area contributed by atoms with Gasteiger partial charge in [-0.1, -0.05) is 196 Å². The monoisotopic (exact) mass is 1010 g/mol. The van der Waals surface area contributed by atoms with Crippen molar-refractivity contribution in [3.05, 3.63) is 229 Å². The van der Waals surface area contributed by atoms with Crippen LogP contribution in [0.25, 0.3) is 93.2 Å². The molecule has 0 radical (unpaired) electrons. The zero-order chi connectivity index (χ0) is 57.3. The van der Waals surface area contributed by atoms with Gasteiger partial charge in [-0.05, 0) is 132 Å². The van der Waals surface area contributed by atoms with Crippen LogP contribution >= 0.6 is 0 Å². The third-order valence-corrected chi connectivity index (χ3v) is 15.6. The molecule has 0 aliphatic carbocycles. The van der Waals surface area contributed by atoms with Crippen LogP contribution in [0.3, 0.4) is 0 Å². The Labute approximate surface area is 459 Å². The SMILES string of the molecule is [2H]c1c([2H])c([2H])c(-c2cc(-c3cccc4c5ccccc5c5ccc(C(C)(C)C)cc5c5cccc6c5n(c34)CN6c3cccc(Oc4ccc5c6ccccc6n(-c6cc(C(C)(C)C)ccn6)c5c4)c3)cc(C(C)(C)C)c2)c([2H])c1[2H]. The Morgan fingerprint density at radius 2 is 1.05 bits per heavy atom. The first-order valence-corrected chi connectivity index (χ1v) is 26.7. The van der Waals surface area contributed by atoms with E-state index >= 15 is 0 Å². The Morgan fingerprint density at radius 3 is 1.82 bits per heavy atom. The molecule has 378 valence electrons. The third kappa shape index (κ3) is 8.37. The zero-order valence-corrected chi connectivity index (χ0v) is 45.2. The lowest BCUT2D eigenvalue weighted by molar-refractivity contribution is 0.483. The molecule has 4 heterocycles. The molecule has 0 atom stereocenters. The van der Waals surface area contributed by atoms with Gasteiger partial charge < -0.3 is 14.2 Å². The first-order valence-electron chi connectivity index (χ1n) is 29.2. The lowest BCUT2D eigenvalue weighted by atomic mass is 9.83. The highest BCUT2D eigenvalue weighted by atomic mass is 16.5. The molecule has 5 nitrogen and oxygen atoms in total. The van der Waals surface area contributed by atoms with E-state index in [0.717, 1.165) is 99.0 Å². The highest BCUT2D eigenvalue weighted by Crippen LogP contribution is 2.47. The van der Waals surface area contributed by atoms with Gasteiger partial charge in [-0.15, -0.1) is 0 Å². The number of anilines is 2. The summed E-state index contributed by atoms with van der Waals surface area (Å²) < 4.78 is 55.8. The minimum Gasteiger partial charge on any atom is -0.457 e. The summed E-state index contributed by atoms with van der Waals surface area (Å²) in [6.07, 6.45) is 1.91. The van der Waals surface area contributed by atoms with E-state index in [9.17, 15) is 0 Å². The van der Waals surface area contributed by atoms with E-state index in [2.05, 4.69) is 234 Å². The third-order valence-electron chi connectivity index (χ3n) is 15.6. The van der Waals surface area contributed by atoms with E-state index < -0.39 is 6.04 Å². The largest absolute Gasteiger partial charge is 0.457 e. The van der Waals surface area contributed by atoms with Crippen LogP contribution in [0.2, 0.25) is 0 Å². The fraction of sp³-hybridized carbons (Fsp3) is 0.181. The maximum Gasteiger partial charge on any atom is 0.137 e. The summed E-state index contributed by atoms with van der Waals surface area (Å²) in [4.78, 5) is 7.31. The molecule has 0 saturated heterocycles. The molecular formula is C72H64N4O. The first-order chi connectivity index (χ1) is 39.1. The molecule has 0 unspecified atom stereocenters. The summed E-state index contributed by atoms with van der Waals surface area (Å²) in [7, 11) is 0. The molecule has 0 bridgehead atoms. The Kier molecular flexibility index (Phi) is 9.94. The van der Waals surface area contributed by atoms with Crippen molar-refractivity contribution in [2.75, 3.05) is 4.90 Å². The smallest absolute Gasteiger partial charge is 0.137 e. The Bertz CT molecular complexity index is 4690. The molecule has 0 amide bonds. The summed E-state index contributed by atoms with van der Waals surface area (Å²) in [5.74, 6) is 2.26. The van der Waals surface area contributed by atoms with E-state index in [1.165, 1.54) is 11.1 Å². The van der Waals surface area contributed by atoms with Gasteiger partial charge in [0.05, 0.1) is 34.6 Å². The molecule has 0 N–H and O–H groups in total. The van der Waals surface area contributed by atoms with Crippen molar-refractivity contribution in [3.63, 3.8) is 0 Å². The standard InChI is InChI=1S/C72H64N4O/c1-70(2,3)49-32-34-58-56-24-13-14-25-57(56)61-28-18-27-55(48-38-47(46-20-11-10-12-21-46)39-51(40-48)72(7,8)9)68(61)75-45-74(65-31-19-29-62(69(65)75)63(58)41-49)52-22-17-23-53(43-52)77-54-33-35-60-59-26-15-16-30-64(59)76(66(60)44-54)67-42-50(36-37-73-67)71(4,5)6/h10-44H,45H2,1-9H3/i10D,11D,12D,20D,21D. The van der Waals surface area contributed by atoms with Crippen LogP contribution in [-0.4, -0.2) is 14.1 Å². The topological polar surface area (TPSA) is 35.2 Å². The van der Waals surface area contributed by atoms with Crippen molar-refractivity contribution in [1.82, 2.24) is 14.1 Å². The van der Waals surface area contributed by atoms with Crippen molar-refractivity contribution in [2.45, 2.75) is 85.2 Å². The molecule has 5 heteroatoms. The average molecular weight is 1010 g/mol. The van der Waals surface area contributed by atoms with Gasteiger partial charge in [0.2, 0.25) is 0 Å². The number of fused-ring (bicyclic) bond motifs is 10. The van der Waals surface area contributed by atoms with Gasteiger partial charge in [-0.3, -0.25) is 4.57 Å². The van der Waals surface area contributed by atoms with E-state index in [1.807, 2.05) is 24.4 Å². The van der Waals surface area contributed by atoms with Gasteiger partial charge >= 0.3 is 0 Å². The number of para-hydroxylation sites is 3. The fourth-order valence-electron chi connectivity index (χ4n) is 11.5. The number of hydrogen-bond acceptors (Lipinski definition) is 3. The van der Waals surface area contributed by atoms with Gasteiger partial charge in [0.15, 0.2) is 0 Å². The summed E-state index contributed by atoms with van der Waals surface area (Å²) in [6.45, 7) is 20.4. The second kappa shape index (κ2) is 18.0. The normalized spacial score (nSPS) is 13.8. The van der Waals surface area contributed by atoms with E-state index in [-0.39, 0.29) is 46.0 Å². The van der Waals surface area contributed by atoms with Gasteiger partial charge in [0.25, 0.3) is 0 Å². The molecule has 0 saturated carbocycles. The molecule has 0 spiro atoms. The number of ether oxygens (including phenoxy) is 1. The predicted octanol–water partition coefficient (Wildman–Crippen LogP) is 19.8. The number of pyridine rings is 1. The predicted molar refractivity (Wildman–Crippen MR) is 326 cm³/mol. The van der Waals surface area contributed by atoms with Crippen LogP contribution in [0.5, 0.6) is 11.5 Å². The summed E-state index contributed by atoms with van der Waals surface area (Å²) in [5.41, 5.74) is 11.5. The van der Waals surface area contributed by atoms with Crippen LogP contribution in [-0.2, 0) is 22.9 Å². The molecule has 1 aliphatic heterocycles. The lowest BCUT2D eigenvalue weighted by Crippen LogP contribution is -2.15. The van der Waals surface area contributed by atoms with Crippen LogP contribution in [0.1, 0.15) is 85.9 Å². The van der Waals surface area contributed by atoms with E-state index in [0.29, 0.717) is 23.7 Å². The fourth-order valence-corrected chi connectivity index (χ4v) is 11.5. The van der Waals surface area contributed by atoms with Crippen LogP contribution < -0.4 is 9.64 Å². The second-order valence-corrected chi connectivity index (χ2v) is 23.8. The lowest BCUT2D eigenvalue weighted by Gasteiger charge is -2.23. The molecule has 77 heavy (non-hydrogen) atoms. The Hall–Kier alpha value is -8.67. The molecule has 0 fully saturated rings. The molecule has 1 aliphatic rings. The number of benzene rings is 9. The molecular weight excluding hydrogens is 937 g/mol. The van der Waals surface area contributed by atoms with Crippen molar-refractivity contribution in [3.8, 4) is 39.6 Å². The van der Waals surface area contributed by atoms with Crippen LogP contribution in [0.15, 0.2) is 212 Å². The van der Waals surface area contributed by atoms with Crippen molar-refractivity contribution in [2.24, 2.45) is 0 Å². The van der Waals surface area contributed by atoms with E-state index in [4.69, 9.17) is 16.6 Å². The zero-order valence-electron chi connectivity index (χ0n) is 50.2. The number of hydrogen-bond donors (Lipinski definition) is 0. The van der Waals surface area contributed by atoms with E-state index in [1.54, 1.807) is 0 Å². The number of rotatable bonds is 6. The van der Waals surface area contributed by atoms with Gasteiger partial charge in [0, 0.05) is 51.1 Å². The highest BCUT2D eigenvalue weighted by Gasteiger charge is 2.27. The second-order valence-electron chi connectivity index (χ2n) is 23.8. The highest BCUT2D eigenvalue weighted by molar-refractivity contribution is 6.22. The summed E-state index contributed by atoms with van der Waals surface area (Å²) in [5, 5.41) is 8.88. The Morgan fingerprint density at radius 1 is 0.442 bits per heavy atom. The maximum absolute atomic E-state index is 9.15. The molecule has 12 aromatic rings. The maximum atomic E-state index is 9.15. The Balaban J connectivity index is 1.05. The quantitative estimate of drug-likeness (QED) is 0.166. The minimum atomic E-state index is -0.414. The van der Waals surface area contributed by atoms with Crippen LogP contribution in [0.4, 0.5) is 11.4 Å². The molecule has 13 rings (SSSR count). The summed E-state index contributed by atoms with van der Waals surface area (Å²) in [6, 6.07) is 61.0. The molecule has 9 aromatic carbocycles. The average Bonchev–Trinajstić information content (AvgIpc) is 2.40. The number of aromatic nitrogens is 3. The van der Waals surface area contributed by atoms with Crippen molar-refractivity contribution >= 4 is 76.5 Å². The molecule has 3 aromatic heterocycles.